The number of carbonyl (C=O) groups excluding carboxylic acids is 1. The molecule has 0 unspecified atom stereocenters. The number of hydrogen-bond acceptors (Lipinski definition) is 7. The smallest absolute Gasteiger partial charge is 0.255 e. The Labute approximate surface area is 169 Å². The van der Waals surface area contributed by atoms with Crippen LogP contribution in [0.5, 0.6) is 0 Å². The van der Waals surface area contributed by atoms with Crippen LogP contribution in [0.25, 0.3) is 11.4 Å². The van der Waals surface area contributed by atoms with E-state index >= 15 is 0 Å². The summed E-state index contributed by atoms with van der Waals surface area (Å²) < 4.78 is 2.12. The van der Waals surface area contributed by atoms with Crippen LogP contribution in [0.4, 0.5) is 0 Å². The third-order valence-corrected chi connectivity index (χ3v) is 4.96. The molecule has 4 rings (SSSR count). The van der Waals surface area contributed by atoms with Crippen molar-refractivity contribution in [3.8, 4) is 11.4 Å². The molecule has 1 aliphatic heterocycles. The second kappa shape index (κ2) is 8.44. The van der Waals surface area contributed by atoms with Gasteiger partial charge in [-0.1, -0.05) is 13.8 Å². The lowest BCUT2D eigenvalue weighted by Gasteiger charge is -2.22. The maximum Gasteiger partial charge on any atom is 0.255 e. The molecule has 3 aromatic heterocycles. The Morgan fingerprint density at radius 2 is 2.00 bits per heavy atom. The van der Waals surface area contributed by atoms with E-state index in [-0.39, 0.29) is 17.9 Å². The molecule has 0 spiro atoms. The third-order valence-electron chi connectivity index (χ3n) is 4.96. The van der Waals surface area contributed by atoms with Gasteiger partial charge in [0, 0.05) is 56.4 Å². The summed E-state index contributed by atoms with van der Waals surface area (Å²) in [4.78, 5) is 25.6. The molecule has 1 aliphatic rings. The lowest BCUT2D eigenvalue weighted by Crippen LogP contribution is -2.34. The lowest BCUT2D eigenvalue weighted by molar-refractivity contribution is 0.0921. The Balaban J connectivity index is 1.53. The number of aromatic nitrogens is 6. The Morgan fingerprint density at radius 1 is 1.17 bits per heavy atom. The van der Waals surface area contributed by atoms with Gasteiger partial charge in [-0.3, -0.25) is 9.78 Å². The SMILES string of the molecule is CC(C)[C@@H](NC(=O)c1cnc(-c2cccnc2)nc1)c1nnc2n1CCNCC2. The maximum atomic E-state index is 12.9. The van der Waals surface area contributed by atoms with Crippen LogP contribution >= 0.6 is 0 Å². The van der Waals surface area contributed by atoms with E-state index in [1.807, 2.05) is 12.1 Å². The van der Waals surface area contributed by atoms with Crippen LogP contribution in [-0.4, -0.2) is 48.7 Å². The van der Waals surface area contributed by atoms with E-state index in [2.05, 4.69) is 54.2 Å². The van der Waals surface area contributed by atoms with Gasteiger partial charge in [0.1, 0.15) is 5.82 Å². The summed E-state index contributed by atoms with van der Waals surface area (Å²) in [6.07, 6.45) is 7.29. The minimum absolute atomic E-state index is 0.152. The zero-order valence-electron chi connectivity index (χ0n) is 16.5. The van der Waals surface area contributed by atoms with Crippen LogP contribution in [0.15, 0.2) is 36.9 Å². The van der Waals surface area contributed by atoms with E-state index in [1.54, 1.807) is 12.4 Å². The van der Waals surface area contributed by atoms with Gasteiger partial charge in [-0.25, -0.2) is 9.97 Å². The number of fused-ring (bicyclic) bond motifs is 1. The van der Waals surface area contributed by atoms with Crippen LogP contribution in [0.3, 0.4) is 0 Å². The van der Waals surface area contributed by atoms with Gasteiger partial charge in [0.2, 0.25) is 0 Å². The first-order valence-electron chi connectivity index (χ1n) is 9.79. The van der Waals surface area contributed by atoms with Crippen molar-refractivity contribution < 1.29 is 4.79 Å². The van der Waals surface area contributed by atoms with Gasteiger partial charge in [0.05, 0.1) is 11.6 Å². The molecule has 0 bridgehead atoms. The standard InChI is InChI=1S/C20H24N8O/c1-13(2)17(19-27-26-16-5-7-21-8-9-28(16)19)25-20(29)15-11-23-18(24-12-15)14-4-3-6-22-10-14/h3-4,6,10-13,17,21H,5,7-9H2,1-2H3,(H,25,29)/t17-/m1/s1. The quantitative estimate of drug-likeness (QED) is 0.675. The molecule has 3 aromatic rings. The van der Waals surface area contributed by atoms with Crippen molar-refractivity contribution in [2.75, 3.05) is 13.1 Å². The van der Waals surface area contributed by atoms with Gasteiger partial charge in [0.15, 0.2) is 11.6 Å². The van der Waals surface area contributed by atoms with Crippen molar-refractivity contribution >= 4 is 5.91 Å². The first kappa shape index (κ1) is 19.1. The van der Waals surface area contributed by atoms with Crippen molar-refractivity contribution in [1.82, 2.24) is 40.3 Å². The largest absolute Gasteiger partial charge is 0.342 e. The van der Waals surface area contributed by atoms with Crippen LogP contribution in [-0.2, 0) is 13.0 Å². The fourth-order valence-corrected chi connectivity index (χ4v) is 3.37. The molecular weight excluding hydrogens is 368 g/mol. The summed E-state index contributed by atoms with van der Waals surface area (Å²) >= 11 is 0. The summed E-state index contributed by atoms with van der Waals surface area (Å²) in [6.45, 7) is 6.66. The highest BCUT2D eigenvalue weighted by molar-refractivity contribution is 5.94. The van der Waals surface area contributed by atoms with Crippen LogP contribution < -0.4 is 10.6 Å². The molecule has 0 radical (unpaired) electrons. The molecule has 2 N–H and O–H groups in total. The summed E-state index contributed by atoms with van der Waals surface area (Å²) in [5.41, 5.74) is 1.21. The second-order valence-electron chi connectivity index (χ2n) is 7.36. The van der Waals surface area contributed by atoms with E-state index in [0.29, 0.717) is 11.4 Å². The highest BCUT2D eigenvalue weighted by atomic mass is 16.1. The van der Waals surface area contributed by atoms with Gasteiger partial charge in [-0.05, 0) is 18.1 Å². The molecule has 0 fully saturated rings. The minimum Gasteiger partial charge on any atom is -0.342 e. The number of pyridine rings is 1. The summed E-state index contributed by atoms with van der Waals surface area (Å²) in [5.74, 6) is 2.20. The highest BCUT2D eigenvalue weighted by Crippen LogP contribution is 2.22. The molecule has 9 heteroatoms. The van der Waals surface area contributed by atoms with Crippen molar-refractivity contribution in [2.45, 2.75) is 32.9 Å². The number of hydrogen-bond donors (Lipinski definition) is 2. The zero-order chi connectivity index (χ0) is 20.2. The van der Waals surface area contributed by atoms with Crippen molar-refractivity contribution in [3.05, 3.63) is 54.1 Å². The number of rotatable bonds is 5. The maximum absolute atomic E-state index is 12.9. The zero-order valence-corrected chi connectivity index (χ0v) is 16.5. The van der Waals surface area contributed by atoms with Gasteiger partial charge in [0.25, 0.3) is 5.91 Å². The van der Waals surface area contributed by atoms with Gasteiger partial charge >= 0.3 is 0 Å². The van der Waals surface area contributed by atoms with Crippen LogP contribution in [0.1, 0.15) is 41.9 Å². The van der Waals surface area contributed by atoms with Crippen LogP contribution in [0.2, 0.25) is 0 Å². The molecule has 9 nitrogen and oxygen atoms in total. The normalized spacial score (nSPS) is 14.9. The van der Waals surface area contributed by atoms with E-state index in [0.717, 1.165) is 43.3 Å². The molecule has 150 valence electrons. The lowest BCUT2D eigenvalue weighted by atomic mass is 10.0. The van der Waals surface area contributed by atoms with Crippen molar-refractivity contribution in [2.24, 2.45) is 5.92 Å². The Kier molecular flexibility index (Phi) is 5.57. The molecule has 29 heavy (non-hydrogen) atoms. The fourth-order valence-electron chi connectivity index (χ4n) is 3.37. The number of carbonyl (C=O) groups is 1. The van der Waals surface area contributed by atoms with Gasteiger partial charge in [-0.2, -0.15) is 0 Å². The Hall–Kier alpha value is -3.20. The van der Waals surface area contributed by atoms with Crippen molar-refractivity contribution in [3.63, 3.8) is 0 Å². The predicted octanol–water partition coefficient (Wildman–Crippen LogP) is 1.40. The van der Waals surface area contributed by atoms with Crippen molar-refractivity contribution in [1.29, 1.82) is 0 Å². The first-order chi connectivity index (χ1) is 14.1. The number of amides is 1. The Morgan fingerprint density at radius 3 is 2.72 bits per heavy atom. The second-order valence-corrected chi connectivity index (χ2v) is 7.36. The Bertz CT molecular complexity index is 968. The molecule has 0 saturated heterocycles. The monoisotopic (exact) mass is 392 g/mol. The van der Waals surface area contributed by atoms with Crippen LogP contribution in [0, 0.1) is 5.92 Å². The molecule has 0 aromatic carbocycles. The van der Waals surface area contributed by atoms with E-state index < -0.39 is 0 Å². The van der Waals surface area contributed by atoms with Gasteiger partial charge in [-0.15, -0.1) is 10.2 Å². The van der Waals surface area contributed by atoms with Gasteiger partial charge < -0.3 is 15.2 Å². The molecule has 0 saturated carbocycles. The highest BCUT2D eigenvalue weighted by Gasteiger charge is 2.27. The third kappa shape index (κ3) is 4.14. The fraction of sp³-hybridized carbons (Fsp3) is 0.400. The van der Waals surface area contributed by atoms with E-state index in [1.165, 1.54) is 12.4 Å². The molecule has 1 amide bonds. The molecule has 0 aliphatic carbocycles. The average molecular weight is 392 g/mol. The minimum atomic E-state index is -0.250. The average Bonchev–Trinajstić information content (AvgIpc) is 2.99. The predicted molar refractivity (Wildman–Crippen MR) is 107 cm³/mol. The first-order valence-corrected chi connectivity index (χ1v) is 9.79. The summed E-state index contributed by atoms with van der Waals surface area (Å²) in [5, 5.41) is 15.2. The van der Waals surface area contributed by atoms with E-state index in [9.17, 15) is 4.79 Å². The summed E-state index contributed by atoms with van der Waals surface area (Å²) in [6, 6.07) is 3.45. The topological polar surface area (TPSA) is 111 Å². The summed E-state index contributed by atoms with van der Waals surface area (Å²) in [7, 11) is 0. The molecule has 4 heterocycles. The molecule has 1 atom stereocenters. The van der Waals surface area contributed by atoms with E-state index in [4.69, 9.17) is 0 Å². The number of nitrogens with zero attached hydrogens (tertiary/aromatic N) is 6. The number of nitrogens with one attached hydrogen (secondary N) is 2. The molecular formula is C20H24N8O.